The van der Waals surface area contributed by atoms with Crippen LogP contribution in [0.1, 0.15) is 17.0 Å². The molecule has 0 spiro atoms. The molecule has 0 atom stereocenters. The van der Waals surface area contributed by atoms with Crippen LogP contribution in [0.4, 0.5) is 5.82 Å². The van der Waals surface area contributed by atoms with Gasteiger partial charge in [0.25, 0.3) is 0 Å². The molecule has 0 unspecified atom stereocenters. The molecular weight excluding hydrogens is 236 g/mol. The Bertz CT molecular complexity index is 568. The average molecular weight is 254 g/mol. The van der Waals surface area contributed by atoms with Crippen LogP contribution in [0.3, 0.4) is 0 Å². The maximum absolute atomic E-state index is 5.56. The zero-order valence-corrected chi connectivity index (χ0v) is 10.9. The number of fused-ring (bicyclic) bond motifs is 1. The van der Waals surface area contributed by atoms with E-state index in [1.165, 1.54) is 11.1 Å². The van der Waals surface area contributed by atoms with Gasteiger partial charge in [-0.1, -0.05) is 24.3 Å². The van der Waals surface area contributed by atoms with Crippen LogP contribution < -0.4 is 10.6 Å². The molecule has 0 amide bonds. The molecule has 1 aromatic carbocycles. The summed E-state index contributed by atoms with van der Waals surface area (Å²) in [4.78, 5) is 11.2. The Morgan fingerprint density at radius 3 is 2.84 bits per heavy atom. The largest absolute Gasteiger partial charge is 0.352 e. The van der Waals surface area contributed by atoms with Crippen molar-refractivity contribution < 1.29 is 0 Å². The number of anilines is 1. The van der Waals surface area contributed by atoms with E-state index in [1.54, 1.807) is 0 Å². The first-order valence-corrected chi connectivity index (χ1v) is 6.70. The van der Waals surface area contributed by atoms with Crippen molar-refractivity contribution >= 4 is 5.82 Å². The molecule has 3 rings (SSSR count). The van der Waals surface area contributed by atoms with Crippen molar-refractivity contribution in [1.82, 2.24) is 9.97 Å². The third-order valence-electron chi connectivity index (χ3n) is 3.51. The molecule has 2 heterocycles. The minimum Gasteiger partial charge on any atom is -0.352 e. The van der Waals surface area contributed by atoms with Crippen LogP contribution in [-0.4, -0.2) is 23.1 Å². The summed E-state index contributed by atoms with van der Waals surface area (Å²) in [6.07, 6.45) is 3.64. The van der Waals surface area contributed by atoms with Crippen molar-refractivity contribution in [3.63, 3.8) is 0 Å². The quantitative estimate of drug-likeness (QED) is 0.902. The second-order valence-electron chi connectivity index (χ2n) is 4.81. The van der Waals surface area contributed by atoms with Gasteiger partial charge >= 0.3 is 0 Å². The Labute approximate surface area is 113 Å². The van der Waals surface area contributed by atoms with E-state index in [9.17, 15) is 0 Å². The van der Waals surface area contributed by atoms with E-state index >= 15 is 0 Å². The molecule has 2 aromatic rings. The predicted molar refractivity (Wildman–Crippen MR) is 76.0 cm³/mol. The SMILES string of the molecule is NCCc1nccc(N2CCc3ccccc3C2)n1. The smallest absolute Gasteiger partial charge is 0.132 e. The standard InChI is InChI=1S/C15H18N4/c16-8-5-14-17-9-6-15(18-14)19-10-7-12-3-1-2-4-13(12)11-19/h1-4,6,9H,5,7-8,10-11,16H2. The first-order valence-electron chi connectivity index (χ1n) is 6.70. The van der Waals surface area contributed by atoms with E-state index in [-0.39, 0.29) is 0 Å². The van der Waals surface area contributed by atoms with Gasteiger partial charge < -0.3 is 10.6 Å². The highest BCUT2D eigenvalue weighted by Crippen LogP contribution is 2.22. The first kappa shape index (κ1) is 12.1. The van der Waals surface area contributed by atoms with Gasteiger partial charge in [0.05, 0.1) is 0 Å². The van der Waals surface area contributed by atoms with Gasteiger partial charge in [-0.05, 0) is 30.2 Å². The lowest BCUT2D eigenvalue weighted by atomic mass is 10.00. The van der Waals surface area contributed by atoms with E-state index in [0.717, 1.165) is 37.6 Å². The monoisotopic (exact) mass is 254 g/mol. The summed E-state index contributed by atoms with van der Waals surface area (Å²) < 4.78 is 0. The molecule has 4 heteroatoms. The van der Waals surface area contributed by atoms with Gasteiger partial charge in [-0.2, -0.15) is 0 Å². The molecule has 0 radical (unpaired) electrons. The molecule has 0 bridgehead atoms. The molecule has 19 heavy (non-hydrogen) atoms. The Kier molecular flexibility index (Phi) is 3.42. The van der Waals surface area contributed by atoms with Gasteiger partial charge in [0.15, 0.2) is 0 Å². The third-order valence-corrected chi connectivity index (χ3v) is 3.51. The van der Waals surface area contributed by atoms with Gasteiger partial charge in [0, 0.05) is 25.7 Å². The number of nitrogens with two attached hydrogens (primary N) is 1. The highest BCUT2D eigenvalue weighted by molar-refractivity contribution is 5.43. The minimum atomic E-state index is 0.590. The van der Waals surface area contributed by atoms with E-state index in [2.05, 4.69) is 39.1 Å². The highest BCUT2D eigenvalue weighted by atomic mass is 15.2. The molecule has 1 aliphatic rings. The summed E-state index contributed by atoms with van der Waals surface area (Å²) in [5.41, 5.74) is 8.41. The number of hydrogen-bond acceptors (Lipinski definition) is 4. The maximum atomic E-state index is 5.56. The Balaban J connectivity index is 1.82. The fraction of sp³-hybridized carbons (Fsp3) is 0.333. The molecule has 98 valence electrons. The molecule has 0 aliphatic carbocycles. The zero-order chi connectivity index (χ0) is 13.1. The summed E-state index contributed by atoms with van der Waals surface area (Å²) in [5, 5.41) is 0. The second kappa shape index (κ2) is 5.36. The molecule has 0 fully saturated rings. The lowest BCUT2D eigenvalue weighted by Crippen LogP contribution is -2.31. The van der Waals surface area contributed by atoms with Crippen LogP contribution in [-0.2, 0) is 19.4 Å². The molecule has 2 N–H and O–H groups in total. The lowest BCUT2D eigenvalue weighted by Gasteiger charge is -2.29. The first-order chi connectivity index (χ1) is 9.36. The highest BCUT2D eigenvalue weighted by Gasteiger charge is 2.17. The lowest BCUT2D eigenvalue weighted by molar-refractivity contribution is 0.713. The predicted octanol–water partition coefficient (Wildman–Crippen LogP) is 1.54. The van der Waals surface area contributed by atoms with Crippen LogP contribution in [0.2, 0.25) is 0 Å². The topological polar surface area (TPSA) is 55.0 Å². The van der Waals surface area contributed by atoms with Crippen LogP contribution >= 0.6 is 0 Å². The average Bonchev–Trinajstić information content (AvgIpc) is 2.47. The fourth-order valence-corrected chi connectivity index (χ4v) is 2.51. The van der Waals surface area contributed by atoms with Gasteiger partial charge in [0.1, 0.15) is 11.6 Å². The van der Waals surface area contributed by atoms with E-state index in [0.29, 0.717) is 6.54 Å². The second-order valence-corrected chi connectivity index (χ2v) is 4.81. The van der Waals surface area contributed by atoms with Gasteiger partial charge in [-0.15, -0.1) is 0 Å². The van der Waals surface area contributed by atoms with Crippen molar-refractivity contribution in [2.45, 2.75) is 19.4 Å². The zero-order valence-electron chi connectivity index (χ0n) is 10.9. The normalized spacial score (nSPS) is 14.3. The fourth-order valence-electron chi connectivity index (χ4n) is 2.51. The van der Waals surface area contributed by atoms with E-state index < -0.39 is 0 Å². The molecule has 4 nitrogen and oxygen atoms in total. The van der Waals surface area contributed by atoms with Crippen LogP contribution in [0.25, 0.3) is 0 Å². The van der Waals surface area contributed by atoms with Crippen LogP contribution in [0, 0.1) is 0 Å². The van der Waals surface area contributed by atoms with Crippen molar-refractivity contribution in [2.24, 2.45) is 5.73 Å². The summed E-state index contributed by atoms with van der Waals surface area (Å²) in [6, 6.07) is 10.6. The summed E-state index contributed by atoms with van der Waals surface area (Å²) in [5.74, 6) is 1.84. The number of nitrogens with zero attached hydrogens (tertiary/aromatic N) is 3. The number of aromatic nitrogens is 2. The van der Waals surface area contributed by atoms with Crippen molar-refractivity contribution in [3.05, 3.63) is 53.5 Å². The Hall–Kier alpha value is -1.94. The number of hydrogen-bond donors (Lipinski definition) is 1. The van der Waals surface area contributed by atoms with Crippen molar-refractivity contribution in [3.8, 4) is 0 Å². The maximum Gasteiger partial charge on any atom is 0.132 e. The van der Waals surface area contributed by atoms with Crippen LogP contribution in [0.5, 0.6) is 0 Å². The minimum absolute atomic E-state index is 0.590. The van der Waals surface area contributed by atoms with Gasteiger partial charge in [-0.25, -0.2) is 9.97 Å². The van der Waals surface area contributed by atoms with Crippen LogP contribution in [0.15, 0.2) is 36.5 Å². The third kappa shape index (κ3) is 2.58. The molecule has 0 saturated heterocycles. The molecule has 0 saturated carbocycles. The van der Waals surface area contributed by atoms with E-state index in [4.69, 9.17) is 5.73 Å². The number of rotatable bonds is 3. The molecular formula is C15H18N4. The summed E-state index contributed by atoms with van der Waals surface area (Å²) in [7, 11) is 0. The van der Waals surface area contributed by atoms with E-state index in [1.807, 2.05) is 12.3 Å². The molecule has 1 aromatic heterocycles. The van der Waals surface area contributed by atoms with Crippen molar-refractivity contribution in [2.75, 3.05) is 18.0 Å². The Morgan fingerprint density at radius 1 is 1.16 bits per heavy atom. The summed E-state index contributed by atoms with van der Waals surface area (Å²) >= 11 is 0. The Morgan fingerprint density at radius 2 is 2.00 bits per heavy atom. The number of benzene rings is 1. The van der Waals surface area contributed by atoms with Gasteiger partial charge in [-0.3, -0.25) is 0 Å². The molecule has 1 aliphatic heterocycles. The summed E-state index contributed by atoms with van der Waals surface area (Å²) in [6.45, 7) is 2.53. The van der Waals surface area contributed by atoms with Crippen molar-refractivity contribution in [1.29, 1.82) is 0 Å². The van der Waals surface area contributed by atoms with Gasteiger partial charge in [0.2, 0.25) is 0 Å².